The average molecular weight is 344 g/mol. The first-order chi connectivity index (χ1) is 11.7. The van der Waals surface area contributed by atoms with Gasteiger partial charge in [-0.05, 0) is 30.3 Å². The van der Waals surface area contributed by atoms with Crippen molar-refractivity contribution in [3.05, 3.63) is 71.3 Å². The SMILES string of the molecule is O=C(Cc1noc(COc2cccc(Cl)c2)n1)Nc1ccccc1. The molecule has 1 amide bonds. The predicted octanol–water partition coefficient (Wildman–Crippen LogP) is 3.48. The van der Waals surface area contributed by atoms with Gasteiger partial charge >= 0.3 is 0 Å². The first-order valence-corrected chi connectivity index (χ1v) is 7.61. The molecule has 1 aromatic heterocycles. The van der Waals surface area contributed by atoms with Crippen molar-refractivity contribution in [3.63, 3.8) is 0 Å². The fraction of sp³-hybridized carbons (Fsp3) is 0.118. The molecule has 7 heteroatoms. The molecule has 1 heterocycles. The van der Waals surface area contributed by atoms with Crippen LogP contribution in [0.1, 0.15) is 11.7 Å². The van der Waals surface area contributed by atoms with Crippen LogP contribution < -0.4 is 10.1 Å². The summed E-state index contributed by atoms with van der Waals surface area (Å²) in [5.74, 6) is 0.971. The molecule has 0 saturated heterocycles. The topological polar surface area (TPSA) is 77.2 Å². The van der Waals surface area contributed by atoms with Gasteiger partial charge in [0.2, 0.25) is 5.91 Å². The molecule has 3 aromatic rings. The van der Waals surface area contributed by atoms with Crippen LogP contribution in [0.3, 0.4) is 0 Å². The molecule has 0 bridgehead atoms. The third-order valence-corrected chi connectivity index (χ3v) is 3.28. The van der Waals surface area contributed by atoms with Gasteiger partial charge in [0.1, 0.15) is 5.75 Å². The Kier molecular flexibility index (Phi) is 5.08. The number of hydrogen-bond donors (Lipinski definition) is 1. The molecule has 2 aromatic carbocycles. The van der Waals surface area contributed by atoms with Crippen LogP contribution in [0.2, 0.25) is 5.02 Å². The Labute approximate surface area is 143 Å². The number of anilines is 1. The third kappa shape index (κ3) is 4.57. The highest BCUT2D eigenvalue weighted by Crippen LogP contribution is 2.18. The Morgan fingerprint density at radius 3 is 2.79 bits per heavy atom. The minimum absolute atomic E-state index is 0.0234. The highest BCUT2D eigenvalue weighted by atomic mass is 35.5. The smallest absolute Gasteiger partial charge is 0.264 e. The lowest BCUT2D eigenvalue weighted by atomic mass is 10.3. The van der Waals surface area contributed by atoms with E-state index in [1.807, 2.05) is 18.2 Å². The van der Waals surface area contributed by atoms with Gasteiger partial charge in [0.05, 0.1) is 6.42 Å². The van der Waals surface area contributed by atoms with Crippen molar-refractivity contribution >= 4 is 23.2 Å². The molecule has 0 atom stereocenters. The summed E-state index contributed by atoms with van der Waals surface area (Å²) in [5.41, 5.74) is 0.718. The van der Waals surface area contributed by atoms with Gasteiger partial charge in [-0.2, -0.15) is 4.98 Å². The van der Waals surface area contributed by atoms with Crippen molar-refractivity contribution < 1.29 is 14.1 Å². The monoisotopic (exact) mass is 343 g/mol. The number of benzene rings is 2. The Balaban J connectivity index is 1.52. The van der Waals surface area contributed by atoms with Crippen LogP contribution in [-0.4, -0.2) is 16.0 Å². The van der Waals surface area contributed by atoms with Gasteiger partial charge in [-0.25, -0.2) is 0 Å². The molecule has 0 aliphatic heterocycles. The second-order valence-corrected chi connectivity index (χ2v) is 5.38. The maximum Gasteiger partial charge on any atom is 0.264 e. The fourth-order valence-corrected chi connectivity index (χ4v) is 2.17. The zero-order chi connectivity index (χ0) is 16.8. The molecule has 0 aliphatic rings. The van der Waals surface area contributed by atoms with E-state index < -0.39 is 0 Å². The summed E-state index contributed by atoms with van der Waals surface area (Å²) < 4.78 is 10.6. The van der Waals surface area contributed by atoms with Crippen LogP contribution in [0, 0.1) is 0 Å². The van der Waals surface area contributed by atoms with Gasteiger partial charge in [-0.1, -0.05) is 41.0 Å². The molecule has 0 fully saturated rings. The molecule has 122 valence electrons. The quantitative estimate of drug-likeness (QED) is 0.741. The normalized spacial score (nSPS) is 10.4. The van der Waals surface area contributed by atoms with E-state index in [0.717, 1.165) is 5.69 Å². The molecule has 1 N–H and O–H groups in total. The number of halogens is 1. The van der Waals surface area contributed by atoms with E-state index in [4.69, 9.17) is 20.9 Å². The van der Waals surface area contributed by atoms with Gasteiger partial charge in [0, 0.05) is 10.7 Å². The van der Waals surface area contributed by atoms with Crippen molar-refractivity contribution in [2.75, 3.05) is 5.32 Å². The number of carbonyl (C=O) groups is 1. The summed E-state index contributed by atoms with van der Waals surface area (Å²) in [5, 5.41) is 7.11. The number of carbonyl (C=O) groups excluding carboxylic acids is 1. The number of amides is 1. The Morgan fingerprint density at radius 1 is 1.17 bits per heavy atom. The van der Waals surface area contributed by atoms with E-state index in [1.165, 1.54) is 0 Å². The van der Waals surface area contributed by atoms with Gasteiger partial charge in [0.15, 0.2) is 12.4 Å². The molecular formula is C17H14ClN3O3. The number of rotatable bonds is 6. The third-order valence-electron chi connectivity index (χ3n) is 3.04. The Hall–Kier alpha value is -2.86. The van der Waals surface area contributed by atoms with Crippen LogP contribution in [0.25, 0.3) is 0 Å². The van der Waals surface area contributed by atoms with Crippen molar-refractivity contribution in [3.8, 4) is 5.75 Å². The number of hydrogen-bond acceptors (Lipinski definition) is 5. The Bertz CT molecular complexity index is 821. The van der Waals surface area contributed by atoms with Gasteiger partial charge in [0.25, 0.3) is 5.89 Å². The van der Waals surface area contributed by atoms with Gasteiger partial charge in [-0.3, -0.25) is 4.79 Å². The largest absolute Gasteiger partial charge is 0.484 e. The molecule has 0 aliphatic carbocycles. The lowest BCUT2D eigenvalue weighted by Gasteiger charge is -2.02. The molecule has 0 unspecified atom stereocenters. The van der Waals surface area contributed by atoms with Crippen molar-refractivity contribution in [1.29, 1.82) is 0 Å². The maximum atomic E-state index is 11.9. The summed E-state index contributed by atoms with van der Waals surface area (Å²) in [6, 6.07) is 16.2. The predicted molar refractivity (Wildman–Crippen MR) is 88.9 cm³/mol. The van der Waals surface area contributed by atoms with Gasteiger partial charge < -0.3 is 14.6 Å². The lowest BCUT2D eigenvalue weighted by molar-refractivity contribution is -0.115. The van der Waals surface area contributed by atoms with Crippen LogP contribution in [0.15, 0.2) is 59.1 Å². The number of aromatic nitrogens is 2. The van der Waals surface area contributed by atoms with Crippen LogP contribution >= 0.6 is 11.6 Å². The van der Waals surface area contributed by atoms with Crippen molar-refractivity contribution in [2.45, 2.75) is 13.0 Å². The molecular weight excluding hydrogens is 330 g/mol. The van der Waals surface area contributed by atoms with E-state index >= 15 is 0 Å². The summed E-state index contributed by atoms with van der Waals surface area (Å²) in [6.07, 6.45) is 0.0234. The highest BCUT2D eigenvalue weighted by Gasteiger charge is 2.11. The highest BCUT2D eigenvalue weighted by molar-refractivity contribution is 6.30. The van der Waals surface area contributed by atoms with E-state index in [9.17, 15) is 4.79 Å². The van der Waals surface area contributed by atoms with Crippen LogP contribution in [-0.2, 0) is 17.8 Å². The molecule has 3 rings (SSSR count). The number of nitrogens with zero attached hydrogens (tertiary/aromatic N) is 2. The van der Waals surface area contributed by atoms with E-state index in [0.29, 0.717) is 16.6 Å². The first kappa shape index (κ1) is 16.0. The lowest BCUT2D eigenvalue weighted by Crippen LogP contribution is -2.15. The molecule has 24 heavy (non-hydrogen) atoms. The molecule has 0 saturated carbocycles. The minimum atomic E-state index is -0.218. The van der Waals surface area contributed by atoms with Crippen molar-refractivity contribution in [2.24, 2.45) is 0 Å². The average Bonchev–Trinajstić information content (AvgIpc) is 3.01. The minimum Gasteiger partial charge on any atom is -0.484 e. The summed E-state index contributed by atoms with van der Waals surface area (Å²) in [4.78, 5) is 16.1. The zero-order valence-electron chi connectivity index (χ0n) is 12.6. The zero-order valence-corrected chi connectivity index (χ0v) is 13.4. The standard InChI is InChI=1S/C17H14ClN3O3/c18-12-5-4-8-14(9-12)23-11-17-20-15(21-24-17)10-16(22)19-13-6-2-1-3-7-13/h1-9H,10-11H2,(H,19,22). The van der Waals surface area contributed by atoms with E-state index in [-0.39, 0.29) is 24.8 Å². The Morgan fingerprint density at radius 2 is 2.00 bits per heavy atom. The van der Waals surface area contributed by atoms with Crippen LogP contribution in [0.5, 0.6) is 5.75 Å². The van der Waals surface area contributed by atoms with Crippen molar-refractivity contribution in [1.82, 2.24) is 10.1 Å². The van der Waals surface area contributed by atoms with E-state index in [2.05, 4.69) is 15.5 Å². The number of ether oxygens (including phenoxy) is 1. The fourth-order valence-electron chi connectivity index (χ4n) is 1.99. The summed E-state index contributed by atoms with van der Waals surface area (Å²) >= 11 is 5.88. The van der Waals surface area contributed by atoms with Crippen LogP contribution in [0.4, 0.5) is 5.69 Å². The summed E-state index contributed by atoms with van der Waals surface area (Å²) in [6.45, 7) is 0.105. The number of nitrogens with one attached hydrogen (secondary N) is 1. The van der Waals surface area contributed by atoms with Gasteiger partial charge in [-0.15, -0.1) is 0 Å². The number of para-hydroxylation sites is 1. The second kappa shape index (κ2) is 7.61. The van der Waals surface area contributed by atoms with E-state index in [1.54, 1.807) is 36.4 Å². The first-order valence-electron chi connectivity index (χ1n) is 7.24. The molecule has 0 radical (unpaired) electrons. The molecule has 6 nitrogen and oxygen atoms in total. The second-order valence-electron chi connectivity index (χ2n) is 4.94. The maximum absolute atomic E-state index is 11.9. The molecule has 0 spiro atoms. The summed E-state index contributed by atoms with van der Waals surface area (Å²) in [7, 11) is 0.